The van der Waals surface area contributed by atoms with Gasteiger partial charge >= 0.3 is 6.09 Å². The third kappa shape index (κ3) is 10.5. The Morgan fingerprint density at radius 2 is 1.38 bits per heavy atom. The largest absolute Gasteiger partial charge is 0.445 e. The van der Waals surface area contributed by atoms with Gasteiger partial charge in [-0.3, -0.25) is 14.4 Å². The molecule has 45 heavy (non-hydrogen) atoms. The number of rotatable bonds is 15. The quantitative estimate of drug-likeness (QED) is 0.156. The van der Waals surface area contributed by atoms with E-state index in [4.69, 9.17) is 9.15 Å². The van der Waals surface area contributed by atoms with Crippen LogP contribution in [0, 0.1) is 5.92 Å². The van der Waals surface area contributed by atoms with Crippen molar-refractivity contribution in [1.82, 2.24) is 20.9 Å². The van der Waals surface area contributed by atoms with E-state index in [9.17, 15) is 19.2 Å². The van der Waals surface area contributed by atoms with E-state index in [1.54, 1.807) is 0 Å². The van der Waals surface area contributed by atoms with Gasteiger partial charge in [0.15, 0.2) is 5.69 Å². The van der Waals surface area contributed by atoms with Crippen molar-refractivity contribution in [3.8, 4) is 0 Å². The van der Waals surface area contributed by atoms with Gasteiger partial charge in [0.05, 0.1) is 6.04 Å². The van der Waals surface area contributed by atoms with E-state index in [2.05, 4.69) is 20.9 Å². The van der Waals surface area contributed by atoms with Crippen LogP contribution in [0.4, 0.5) is 4.79 Å². The zero-order chi connectivity index (χ0) is 32.0. The zero-order valence-corrected chi connectivity index (χ0v) is 25.4. The molecule has 0 bridgehead atoms. The van der Waals surface area contributed by atoms with Crippen LogP contribution in [-0.4, -0.2) is 40.8 Å². The molecule has 2 unspecified atom stereocenters. The van der Waals surface area contributed by atoms with E-state index in [0.29, 0.717) is 12.8 Å². The smallest absolute Gasteiger partial charge is 0.408 e. The van der Waals surface area contributed by atoms with Gasteiger partial charge in [0.25, 0.3) is 11.8 Å². The summed E-state index contributed by atoms with van der Waals surface area (Å²) in [5.41, 5.74) is 2.63. The standard InChI is InChI=1S/C35H38N4O6/c1-24(2)20-29(39-35(43)45-22-27-16-10-5-11-17-27)33(42)37-28(19-18-25-12-6-3-7-13-25)31(40)34-38-30(23-44-34)32(41)36-21-26-14-8-4-9-15-26/h3-17,23-24,28-29H,18-22H2,1-2H3,(H,36,41)(H,37,42)(H,39,43). The van der Waals surface area contributed by atoms with E-state index in [0.717, 1.165) is 23.0 Å². The lowest BCUT2D eigenvalue weighted by Gasteiger charge is -2.23. The molecule has 3 aromatic carbocycles. The van der Waals surface area contributed by atoms with E-state index in [1.165, 1.54) is 0 Å². The van der Waals surface area contributed by atoms with Crippen LogP contribution < -0.4 is 16.0 Å². The minimum atomic E-state index is -1.03. The number of ether oxygens (including phenoxy) is 1. The van der Waals surface area contributed by atoms with E-state index in [1.807, 2.05) is 105 Å². The third-order valence-electron chi connectivity index (χ3n) is 6.97. The van der Waals surface area contributed by atoms with Gasteiger partial charge in [-0.2, -0.15) is 0 Å². The number of Topliss-reactive ketones (excluding diaryl/α,β-unsaturated/α-hetero) is 1. The molecule has 0 spiro atoms. The first-order valence-electron chi connectivity index (χ1n) is 14.9. The predicted molar refractivity (Wildman–Crippen MR) is 168 cm³/mol. The summed E-state index contributed by atoms with van der Waals surface area (Å²) >= 11 is 0. The first-order valence-corrected chi connectivity index (χ1v) is 14.9. The fourth-order valence-corrected chi connectivity index (χ4v) is 4.62. The molecule has 0 aliphatic carbocycles. The molecule has 0 aliphatic rings. The topological polar surface area (TPSA) is 140 Å². The summed E-state index contributed by atoms with van der Waals surface area (Å²) in [7, 11) is 0. The molecule has 1 aromatic heterocycles. The van der Waals surface area contributed by atoms with Crippen molar-refractivity contribution in [3.63, 3.8) is 0 Å². The Hall–Kier alpha value is -5.25. The number of aromatic nitrogens is 1. The maximum atomic E-state index is 13.6. The summed E-state index contributed by atoms with van der Waals surface area (Å²) < 4.78 is 10.7. The van der Waals surface area contributed by atoms with Crippen LogP contribution in [0.2, 0.25) is 0 Å². The molecule has 0 saturated heterocycles. The highest BCUT2D eigenvalue weighted by Gasteiger charge is 2.31. The molecule has 2 atom stereocenters. The molecule has 10 heteroatoms. The third-order valence-corrected chi connectivity index (χ3v) is 6.97. The predicted octanol–water partition coefficient (Wildman–Crippen LogP) is 5.25. The molecular weight excluding hydrogens is 572 g/mol. The Morgan fingerprint density at radius 1 is 0.778 bits per heavy atom. The van der Waals surface area contributed by atoms with Crippen LogP contribution in [0.25, 0.3) is 0 Å². The molecule has 4 aromatic rings. The Balaban J connectivity index is 1.44. The number of hydrogen-bond acceptors (Lipinski definition) is 7. The molecule has 4 rings (SSSR count). The number of benzene rings is 3. The summed E-state index contributed by atoms with van der Waals surface area (Å²) in [6.45, 7) is 4.18. The van der Waals surface area contributed by atoms with Crippen LogP contribution in [-0.2, 0) is 29.1 Å². The summed E-state index contributed by atoms with van der Waals surface area (Å²) in [6, 6.07) is 26.1. The molecule has 0 radical (unpaired) electrons. The van der Waals surface area contributed by atoms with Gasteiger partial charge in [0, 0.05) is 6.54 Å². The number of oxazole rings is 1. The highest BCUT2D eigenvalue weighted by atomic mass is 16.5. The summed E-state index contributed by atoms with van der Waals surface area (Å²) in [4.78, 5) is 56.6. The van der Waals surface area contributed by atoms with Gasteiger partial charge in [-0.1, -0.05) is 105 Å². The molecule has 0 saturated carbocycles. The number of alkyl carbamates (subject to hydrolysis) is 1. The van der Waals surface area contributed by atoms with Crippen LogP contribution in [0.15, 0.2) is 102 Å². The number of nitrogens with one attached hydrogen (secondary N) is 3. The van der Waals surface area contributed by atoms with E-state index >= 15 is 0 Å². The zero-order valence-electron chi connectivity index (χ0n) is 25.4. The van der Waals surface area contributed by atoms with Crippen LogP contribution in [0.1, 0.15) is 64.6 Å². The lowest BCUT2D eigenvalue weighted by Crippen LogP contribution is -2.52. The van der Waals surface area contributed by atoms with E-state index in [-0.39, 0.29) is 37.1 Å². The van der Waals surface area contributed by atoms with Gasteiger partial charge in [-0.05, 0) is 41.9 Å². The molecule has 3 amide bonds. The SMILES string of the molecule is CC(C)CC(NC(=O)OCc1ccccc1)C(=O)NC(CCc1ccccc1)C(=O)c1nc(C(=O)NCc2ccccc2)co1. The highest BCUT2D eigenvalue weighted by molar-refractivity contribution is 6.00. The fourth-order valence-electron chi connectivity index (χ4n) is 4.62. The number of ketones is 1. The van der Waals surface area contributed by atoms with Gasteiger partial charge < -0.3 is 25.1 Å². The van der Waals surface area contributed by atoms with Gasteiger partial charge in [0.2, 0.25) is 11.7 Å². The first kappa shape index (κ1) is 32.7. The van der Waals surface area contributed by atoms with Crippen molar-refractivity contribution in [2.45, 2.75) is 58.3 Å². The lowest BCUT2D eigenvalue weighted by molar-refractivity contribution is -0.124. The van der Waals surface area contributed by atoms with Crippen LogP contribution in [0.3, 0.4) is 0 Å². The Bertz CT molecular complexity index is 1540. The number of hydrogen-bond donors (Lipinski definition) is 3. The van der Waals surface area contributed by atoms with E-state index < -0.39 is 35.8 Å². The maximum absolute atomic E-state index is 13.6. The normalized spacial score (nSPS) is 12.2. The second-order valence-electron chi connectivity index (χ2n) is 11.0. The summed E-state index contributed by atoms with van der Waals surface area (Å²) in [6.07, 6.45) is 1.40. The average Bonchev–Trinajstić information content (AvgIpc) is 3.56. The van der Waals surface area contributed by atoms with Crippen molar-refractivity contribution < 1.29 is 28.3 Å². The van der Waals surface area contributed by atoms with Gasteiger partial charge in [0.1, 0.15) is 18.9 Å². The minimum absolute atomic E-state index is 0.0479. The Kier molecular flexibility index (Phi) is 12.0. The summed E-state index contributed by atoms with van der Waals surface area (Å²) in [5.74, 6) is -1.87. The maximum Gasteiger partial charge on any atom is 0.408 e. The number of amides is 3. The van der Waals surface area contributed by atoms with Gasteiger partial charge in [-0.15, -0.1) is 0 Å². The second kappa shape index (κ2) is 16.6. The van der Waals surface area contributed by atoms with Crippen molar-refractivity contribution in [2.24, 2.45) is 5.92 Å². The van der Waals surface area contributed by atoms with Crippen molar-refractivity contribution in [1.29, 1.82) is 0 Å². The monoisotopic (exact) mass is 610 g/mol. The minimum Gasteiger partial charge on any atom is -0.445 e. The number of carbonyl (C=O) groups excluding carboxylic acids is 4. The van der Waals surface area contributed by atoms with Crippen LogP contribution in [0.5, 0.6) is 0 Å². The fraction of sp³-hybridized carbons (Fsp3) is 0.286. The number of aryl methyl sites for hydroxylation is 1. The first-order chi connectivity index (χ1) is 21.8. The van der Waals surface area contributed by atoms with Crippen molar-refractivity contribution in [3.05, 3.63) is 126 Å². The van der Waals surface area contributed by atoms with Crippen LogP contribution >= 0.6 is 0 Å². The molecule has 3 N–H and O–H groups in total. The Labute approximate surface area is 262 Å². The number of nitrogens with zero attached hydrogens (tertiary/aromatic N) is 1. The molecule has 0 fully saturated rings. The Morgan fingerprint density at radius 3 is 2.00 bits per heavy atom. The van der Waals surface area contributed by atoms with Crippen molar-refractivity contribution in [2.75, 3.05) is 0 Å². The van der Waals surface area contributed by atoms with Crippen molar-refractivity contribution >= 4 is 23.7 Å². The molecule has 234 valence electrons. The number of carbonyl (C=O) groups is 4. The molecule has 0 aliphatic heterocycles. The molecule has 10 nitrogen and oxygen atoms in total. The molecular formula is C35H38N4O6. The van der Waals surface area contributed by atoms with Gasteiger partial charge in [-0.25, -0.2) is 9.78 Å². The molecule has 1 heterocycles. The second-order valence-corrected chi connectivity index (χ2v) is 11.0. The summed E-state index contributed by atoms with van der Waals surface area (Å²) in [5, 5.41) is 8.20. The lowest BCUT2D eigenvalue weighted by atomic mass is 9.99. The average molecular weight is 611 g/mol. The highest BCUT2D eigenvalue weighted by Crippen LogP contribution is 2.14.